The topological polar surface area (TPSA) is 54.2 Å². The molecule has 0 radical (unpaired) electrons. The van der Waals surface area contributed by atoms with Crippen molar-refractivity contribution in [3.8, 4) is 0 Å². The number of aryl methyl sites for hydroxylation is 1. The van der Waals surface area contributed by atoms with Gasteiger partial charge in [0.05, 0.1) is 6.04 Å². The molecule has 0 spiro atoms. The Balaban J connectivity index is 2.08. The third kappa shape index (κ3) is 2.26. The van der Waals surface area contributed by atoms with Crippen molar-refractivity contribution >= 4 is 17.5 Å². The lowest BCUT2D eigenvalue weighted by molar-refractivity contribution is -0.129. The van der Waals surface area contributed by atoms with Gasteiger partial charge in [0.25, 0.3) is 5.91 Å². The number of hydrogen-bond donors (Lipinski definition) is 0. The van der Waals surface area contributed by atoms with E-state index in [9.17, 15) is 14.4 Å². The lowest BCUT2D eigenvalue weighted by atomic mass is 9.92. The number of nitrogens with zero attached hydrogens (tertiary/aromatic N) is 1. The first-order chi connectivity index (χ1) is 11.4. The Kier molecular flexibility index (Phi) is 3.84. The first-order valence-corrected chi connectivity index (χ1v) is 7.88. The minimum atomic E-state index is -1.39. The van der Waals surface area contributed by atoms with Crippen LogP contribution in [0.5, 0.6) is 0 Å². The second-order valence-electron chi connectivity index (χ2n) is 6.23. The molecule has 24 heavy (non-hydrogen) atoms. The lowest BCUT2D eigenvalue weighted by Gasteiger charge is -2.10. The highest BCUT2D eigenvalue weighted by atomic mass is 16.2. The summed E-state index contributed by atoms with van der Waals surface area (Å²) in [5.74, 6) is -0.902. The quantitative estimate of drug-likeness (QED) is 0.642. The highest BCUT2D eigenvalue weighted by molar-refractivity contribution is 6.19. The highest BCUT2D eigenvalue weighted by Gasteiger charge is 2.72. The molecule has 4 heteroatoms. The summed E-state index contributed by atoms with van der Waals surface area (Å²) >= 11 is 0. The fraction of sp³-hybridized carbons (Fsp3) is 0.250. The van der Waals surface area contributed by atoms with Crippen LogP contribution in [-0.4, -0.2) is 27.9 Å². The molecule has 2 aromatic carbocycles. The number of carbonyl (C=O) groups is 3. The summed E-state index contributed by atoms with van der Waals surface area (Å²) in [6.07, 6.45) is 0. The van der Waals surface area contributed by atoms with Gasteiger partial charge in [-0.25, -0.2) is 0 Å². The molecule has 1 fully saturated rings. The van der Waals surface area contributed by atoms with Crippen LogP contribution in [0.3, 0.4) is 0 Å². The molecule has 1 atom stereocenters. The van der Waals surface area contributed by atoms with Crippen LogP contribution in [0.4, 0.5) is 0 Å². The molecule has 3 rings (SSSR count). The van der Waals surface area contributed by atoms with E-state index in [1.54, 1.807) is 24.3 Å². The number of hydrogen-bond acceptors (Lipinski definition) is 3. The van der Waals surface area contributed by atoms with Crippen molar-refractivity contribution < 1.29 is 14.4 Å². The summed E-state index contributed by atoms with van der Waals surface area (Å²) in [6, 6.07) is 15.8. The molecule has 0 bridgehead atoms. The molecule has 0 aliphatic carbocycles. The van der Waals surface area contributed by atoms with Crippen LogP contribution >= 0.6 is 0 Å². The Morgan fingerprint density at radius 3 is 1.92 bits per heavy atom. The van der Waals surface area contributed by atoms with Gasteiger partial charge < -0.3 is 4.90 Å². The van der Waals surface area contributed by atoms with Crippen molar-refractivity contribution in [2.45, 2.75) is 32.4 Å². The number of rotatable bonds is 4. The molecule has 4 nitrogen and oxygen atoms in total. The minimum absolute atomic E-state index is 0.299. The number of amides is 1. The van der Waals surface area contributed by atoms with Crippen LogP contribution in [0, 0.1) is 6.92 Å². The van der Waals surface area contributed by atoms with Gasteiger partial charge >= 0.3 is 0 Å². The summed E-state index contributed by atoms with van der Waals surface area (Å²) in [6.45, 7) is 4.72. The number of Topliss-reactive ketones (excluding diaryl/α,β-unsaturated/α-hetero) is 2. The third-order valence-electron chi connectivity index (χ3n) is 4.67. The second-order valence-corrected chi connectivity index (χ2v) is 6.23. The van der Waals surface area contributed by atoms with Crippen LogP contribution in [0.2, 0.25) is 0 Å². The maximum Gasteiger partial charge on any atom is 0.255 e. The molecular weight excluding hydrogens is 302 g/mol. The maximum absolute atomic E-state index is 12.9. The molecule has 0 aromatic heterocycles. The summed E-state index contributed by atoms with van der Waals surface area (Å²) in [5, 5.41) is 0. The van der Waals surface area contributed by atoms with Crippen LogP contribution in [0.25, 0.3) is 0 Å². The predicted octanol–water partition coefficient (Wildman–Crippen LogP) is 3.11. The Labute approximate surface area is 141 Å². The fourth-order valence-electron chi connectivity index (χ4n) is 3.40. The van der Waals surface area contributed by atoms with E-state index < -0.39 is 11.6 Å². The standard InChI is InChI=1S/C20H19NO3/c1-13-9-11-16(12-10-13)18-20(14(2)22,15(3)23)21(18)19(24)17-7-5-4-6-8-17/h4-12,18H,1-3H3/t18-,21?/m1/s1. The van der Waals surface area contributed by atoms with E-state index in [0.29, 0.717) is 5.56 Å². The Morgan fingerprint density at radius 1 is 0.875 bits per heavy atom. The van der Waals surface area contributed by atoms with E-state index in [-0.39, 0.29) is 17.5 Å². The molecule has 1 saturated heterocycles. The van der Waals surface area contributed by atoms with Crippen LogP contribution < -0.4 is 0 Å². The van der Waals surface area contributed by atoms with Gasteiger partial charge in [-0.15, -0.1) is 0 Å². The molecule has 0 N–H and O–H groups in total. The zero-order valence-electron chi connectivity index (χ0n) is 13.9. The van der Waals surface area contributed by atoms with Crippen molar-refractivity contribution in [2.75, 3.05) is 0 Å². The highest BCUT2D eigenvalue weighted by Crippen LogP contribution is 2.55. The number of ketones is 2. The van der Waals surface area contributed by atoms with Gasteiger partial charge in [-0.3, -0.25) is 14.4 Å². The van der Waals surface area contributed by atoms with E-state index >= 15 is 0 Å². The van der Waals surface area contributed by atoms with Crippen LogP contribution in [-0.2, 0) is 9.59 Å². The molecule has 0 saturated carbocycles. The average molecular weight is 321 g/mol. The smallest absolute Gasteiger partial charge is 0.255 e. The summed E-state index contributed by atoms with van der Waals surface area (Å²) in [7, 11) is 0. The molecule has 1 heterocycles. The van der Waals surface area contributed by atoms with E-state index in [1.165, 1.54) is 18.7 Å². The summed E-state index contributed by atoms with van der Waals surface area (Å²) < 4.78 is 0. The first-order valence-electron chi connectivity index (χ1n) is 7.88. The molecule has 1 aliphatic rings. The lowest BCUT2D eigenvalue weighted by Crippen LogP contribution is -2.37. The van der Waals surface area contributed by atoms with Gasteiger partial charge in [0.2, 0.25) is 0 Å². The summed E-state index contributed by atoms with van der Waals surface area (Å²) in [5.41, 5.74) is 0.966. The zero-order chi connectivity index (χ0) is 17.5. The van der Waals surface area contributed by atoms with Gasteiger partial charge in [-0.05, 0) is 38.5 Å². The monoisotopic (exact) mass is 321 g/mol. The van der Waals surface area contributed by atoms with E-state index in [0.717, 1.165) is 11.1 Å². The predicted molar refractivity (Wildman–Crippen MR) is 90.6 cm³/mol. The molecule has 2 aromatic rings. The SMILES string of the molecule is CC(=O)C1(C(C)=O)[C@@H](c2ccc(C)cc2)N1C(=O)c1ccccc1. The van der Waals surface area contributed by atoms with E-state index in [4.69, 9.17) is 0 Å². The first kappa shape index (κ1) is 16.1. The van der Waals surface area contributed by atoms with Gasteiger partial charge in [0.15, 0.2) is 17.1 Å². The van der Waals surface area contributed by atoms with Crippen LogP contribution in [0.1, 0.15) is 41.4 Å². The zero-order valence-corrected chi connectivity index (χ0v) is 13.9. The maximum atomic E-state index is 12.9. The largest absolute Gasteiger partial charge is 0.307 e. The number of carbonyl (C=O) groups excluding carboxylic acids is 3. The average Bonchev–Trinajstić information content (AvgIpc) is 3.27. The van der Waals surface area contributed by atoms with Crippen molar-refractivity contribution in [1.29, 1.82) is 0 Å². The van der Waals surface area contributed by atoms with E-state index in [1.807, 2.05) is 37.3 Å². The third-order valence-corrected chi connectivity index (χ3v) is 4.67. The van der Waals surface area contributed by atoms with Crippen molar-refractivity contribution in [2.24, 2.45) is 0 Å². The van der Waals surface area contributed by atoms with Gasteiger partial charge in [-0.2, -0.15) is 0 Å². The van der Waals surface area contributed by atoms with Crippen molar-refractivity contribution in [3.05, 3.63) is 71.3 Å². The van der Waals surface area contributed by atoms with Gasteiger partial charge in [-0.1, -0.05) is 48.0 Å². The van der Waals surface area contributed by atoms with E-state index in [2.05, 4.69) is 0 Å². The molecule has 0 unspecified atom stereocenters. The Bertz CT molecular complexity index is 795. The van der Waals surface area contributed by atoms with Gasteiger partial charge in [0, 0.05) is 5.56 Å². The van der Waals surface area contributed by atoms with Crippen molar-refractivity contribution in [1.82, 2.24) is 4.90 Å². The Hall–Kier alpha value is -2.75. The molecule has 1 aliphatic heterocycles. The van der Waals surface area contributed by atoms with Gasteiger partial charge in [0.1, 0.15) is 0 Å². The Morgan fingerprint density at radius 2 is 1.42 bits per heavy atom. The fourth-order valence-corrected chi connectivity index (χ4v) is 3.40. The molecular formula is C20H19NO3. The van der Waals surface area contributed by atoms with Crippen molar-refractivity contribution in [3.63, 3.8) is 0 Å². The normalized spacial score (nSPS) is 18.1. The minimum Gasteiger partial charge on any atom is -0.307 e. The second kappa shape index (κ2) is 5.71. The molecule has 122 valence electrons. The summed E-state index contributed by atoms with van der Waals surface area (Å²) in [4.78, 5) is 39.0. The number of benzene rings is 2. The van der Waals surface area contributed by atoms with Crippen LogP contribution in [0.15, 0.2) is 54.6 Å². The molecule has 1 amide bonds.